The predicted octanol–water partition coefficient (Wildman–Crippen LogP) is 4.34. The summed E-state index contributed by atoms with van der Waals surface area (Å²) >= 11 is 0. The number of carboxylic acid groups (broad SMARTS) is 1. The van der Waals surface area contributed by atoms with Crippen LogP contribution in [0.25, 0.3) is 0 Å². The van der Waals surface area contributed by atoms with Crippen molar-refractivity contribution in [1.82, 2.24) is 19.9 Å². The van der Waals surface area contributed by atoms with Crippen molar-refractivity contribution in [3.05, 3.63) is 77.9 Å². The summed E-state index contributed by atoms with van der Waals surface area (Å²) < 4.78 is 32.8. The molecule has 0 radical (unpaired) electrons. The summed E-state index contributed by atoms with van der Waals surface area (Å²) in [6.45, 7) is 2.66. The Balaban J connectivity index is 1.34. The molecule has 2 aromatic heterocycles. The van der Waals surface area contributed by atoms with E-state index in [0.29, 0.717) is 31.3 Å². The number of nitrogens with one attached hydrogen (secondary N) is 2. The first kappa shape index (κ1) is 32.3. The van der Waals surface area contributed by atoms with Gasteiger partial charge in [0, 0.05) is 55.8 Å². The van der Waals surface area contributed by atoms with Crippen molar-refractivity contribution in [2.45, 2.75) is 44.6 Å². The molecule has 3 aromatic rings. The van der Waals surface area contributed by atoms with Crippen LogP contribution >= 0.6 is 0 Å². The summed E-state index contributed by atoms with van der Waals surface area (Å²) in [4.78, 5) is 31.3. The number of nitrogens with two attached hydrogens (primary N) is 1. The maximum Gasteiger partial charge on any atom is 0.326 e. The molecule has 1 aliphatic rings. The van der Waals surface area contributed by atoms with Gasteiger partial charge >= 0.3 is 5.97 Å². The lowest BCUT2D eigenvalue weighted by Crippen LogP contribution is -2.37. The van der Waals surface area contributed by atoms with E-state index in [2.05, 4.69) is 42.6 Å². The smallest absolute Gasteiger partial charge is 0.326 e. The second-order valence-corrected chi connectivity index (χ2v) is 10.3. The van der Waals surface area contributed by atoms with Crippen LogP contribution in [0.3, 0.4) is 0 Å². The number of pyridine rings is 1. The van der Waals surface area contributed by atoms with Crippen molar-refractivity contribution in [3.8, 4) is 5.75 Å². The van der Waals surface area contributed by atoms with E-state index in [0.717, 1.165) is 68.4 Å². The molecule has 3 heterocycles. The number of allylic oxidation sites excluding steroid dienone is 1. The van der Waals surface area contributed by atoms with E-state index in [1.54, 1.807) is 12.1 Å². The van der Waals surface area contributed by atoms with Gasteiger partial charge < -0.3 is 26.2 Å². The maximum absolute atomic E-state index is 13.6. The number of halogens is 2. The normalized spacial score (nSPS) is 13.6. The fraction of sp³-hybridized carbons (Fsp3) is 0.387. The number of fused-ring (bicyclic) bond motifs is 1. The van der Waals surface area contributed by atoms with E-state index in [1.807, 2.05) is 0 Å². The largest absolute Gasteiger partial charge is 0.492 e. The number of carboxylic acids is 1. The molecule has 1 aliphatic heterocycles. The van der Waals surface area contributed by atoms with Crippen LogP contribution in [0, 0.1) is 11.6 Å². The number of aromatic nitrogens is 3. The number of rotatable bonds is 17. The lowest BCUT2D eigenvalue weighted by molar-refractivity contribution is -0.138. The molecule has 1 atom stereocenters. The molecule has 1 aromatic carbocycles. The minimum Gasteiger partial charge on any atom is -0.492 e. The third-order valence-corrected chi connectivity index (χ3v) is 7.03. The number of aliphatic carboxylic acids is 1. The third kappa shape index (κ3) is 10.6. The quantitative estimate of drug-likeness (QED) is 0.129. The fourth-order valence-corrected chi connectivity index (χ4v) is 4.80. The van der Waals surface area contributed by atoms with Crippen molar-refractivity contribution < 1.29 is 23.4 Å². The molecule has 13 heteroatoms. The van der Waals surface area contributed by atoms with Gasteiger partial charge in [0.1, 0.15) is 48.0 Å². The van der Waals surface area contributed by atoms with Crippen LogP contribution in [-0.2, 0) is 17.6 Å². The molecule has 44 heavy (non-hydrogen) atoms. The second kappa shape index (κ2) is 16.8. The highest BCUT2D eigenvalue weighted by Gasteiger charge is 2.20. The highest BCUT2D eigenvalue weighted by Crippen LogP contribution is 2.21. The first-order chi connectivity index (χ1) is 21.4. The highest BCUT2D eigenvalue weighted by molar-refractivity contribution is 5.77. The molecule has 11 nitrogen and oxygen atoms in total. The molecule has 0 amide bonds. The topological polar surface area (TPSA) is 151 Å². The monoisotopic (exact) mass is 608 g/mol. The zero-order chi connectivity index (χ0) is 31.1. The SMILES string of the molecule is NC=CC=Nc1cc(N[C@@H](CCN(CCCCc2ccc3c(n2)NCCC3)CCOc2cc(F)cc(F)c2)C(=O)O)ncn1. The summed E-state index contributed by atoms with van der Waals surface area (Å²) in [6.07, 6.45) is 10.6. The van der Waals surface area contributed by atoms with Crippen molar-refractivity contribution in [3.63, 3.8) is 0 Å². The first-order valence-electron chi connectivity index (χ1n) is 14.7. The number of benzene rings is 1. The van der Waals surface area contributed by atoms with Gasteiger partial charge in [-0.3, -0.25) is 4.90 Å². The number of aliphatic imine (C=N–C) groups is 1. The molecule has 0 aliphatic carbocycles. The Kier molecular flexibility index (Phi) is 12.4. The Bertz CT molecular complexity index is 1420. The average Bonchev–Trinajstić information content (AvgIpc) is 3.00. The van der Waals surface area contributed by atoms with Gasteiger partial charge in [-0.2, -0.15) is 0 Å². The lowest BCUT2D eigenvalue weighted by Gasteiger charge is -2.24. The molecule has 5 N–H and O–H groups in total. The van der Waals surface area contributed by atoms with E-state index in [9.17, 15) is 18.7 Å². The summed E-state index contributed by atoms with van der Waals surface area (Å²) in [7, 11) is 0. The number of nitrogens with zero attached hydrogens (tertiary/aromatic N) is 5. The molecule has 0 saturated carbocycles. The molecular formula is C31H38F2N8O3. The number of carbonyl (C=O) groups is 1. The van der Waals surface area contributed by atoms with Crippen molar-refractivity contribution in [2.75, 3.05) is 43.4 Å². The van der Waals surface area contributed by atoms with Crippen molar-refractivity contribution in [2.24, 2.45) is 10.7 Å². The Hall–Kier alpha value is -4.65. The summed E-state index contributed by atoms with van der Waals surface area (Å²) in [6, 6.07) is 7.89. The average molecular weight is 609 g/mol. The minimum atomic E-state index is -1.03. The van der Waals surface area contributed by atoms with Gasteiger partial charge in [0.15, 0.2) is 5.82 Å². The second-order valence-electron chi connectivity index (χ2n) is 10.3. The molecule has 0 bridgehead atoms. The van der Waals surface area contributed by atoms with Gasteiger partial charge in [-0.05, 0) is 69.0 Å². The number of unbranched alkanes of at least 4 members (excludes halogenated alkanes) is 1. The Morgan fingerprint density at radius 1 is 1.16 bits per heavy atom. The van der Waals surface area contributed by atoms with E-state index in [-0.39, 0.29) is 18.8 Å². The van der Waals surface area contributed by atoms with Crippen LogP contribution in [0.1, 0.15) is 36.9 Å². The number of aryl methyl sites for hydroxylation is 2. The van der Waals surface area contributed by atoms with Gasteiger partial charge in [-0.1, -0.05) is 6.07 Å². The van der Waals surface area contributed by atoms with Gasteiger partial charge in [-0.25, -0.2) is 33.5 Å². The predicted molar refractivity (Wildman–Crippen MR) is 165 cm³/mol. The van der Waals surface area contributed by atoms with Gasteiger partial charge in [0.2, 0.25) is 0 Å². The Morgan fingerprint density at radius 2 is 2.00 bits per heavy atom. The fourth-order valence-electron chi connectivity index (χ4n) is 4.80. The summed E-state index contributed by atoms with van der Waals surface area (Å²) in [5, 5.41) is 16.2. The minimum absolute atomic E-state index is 0.101. The lowest BCUT2D eigenvalue weighted by atomic mass is 10.1. The van der Waals surface area contributed by atoms with Crippen LogP contribution in [0.4, 0.5) is 26.2 Å². The van der Waals surface area contributed by atoms with Crippen LogP contribution in [-0.4, -0.2) is 76.0 Å². The van der Waals surface area contributed by atoms with Crippen LogP contribution in [0.5, 0.6) is 5.75 Å². The zero-order valence-electron chi connectivity index (χ0n) is 24.5. The maximum atomic E-state index is 13.6. The van der Waals surface area contributed by atoms with Crippen molar-refractivity contribution >= 4 is 29.6 Å². The Labute approximate surface area is 255 Å². The number of anilines is 2. The Morgan fingerprint density at radius 3 is 2.80 bits per heavy atom. The number of hydrogen-bond acceptors (Lipinski definition) is 10. The number of ether oxygens (including phenoxy) is 1. The molecule has 0 spiro atoms. The van der Waals surface area contributed by atoms with Crippen molar-refractivity contribution in [1.29, 1.82) is 0 Å². The van der Waals surface area contributed by atoms with Gasteiger partial charge in [0.25, 0.3) is 0 Å². The van der Waals surface area contributed by atoms with E-state index < -0.39 is 23.6 Å². The molecule has 234 valence electrons. The summed E-state index contributed by atoms with van der Waals surface area (Å²) in [5.41, 5.74) is 7.59. The van der Waals surface area contributed by atoms with Crippen LogP contribution < -0.4 is 21.1 Å². The first-order valence-corrected chi connectivity index (χ1v) is 14.7. The number of hydrogen-bond donors (Lipinski definition) is 4. The zero-order valence-corrected chi connectivity index (χ0v) is 24.5. The molecular weight excluding hydrogens is 570 g/mol. The molecule has 0 saturated heterocycles. The highest BCUT2D eigenvalue weighted by atomic mass is 19.1. The van der Waals surface area contributed by atoms with E-state index >= 15 is 0 Å². The van der Waals surface area contributed by atoms with E-state index in [1.165, 1.54) is 24.3 Å². The third-order valence-electron chi connectivity index (χ3n) is 7.03. The molecule has 4 rings (SSSR count). The van der Waals surface area contributed by atoms with Crippen LogP contribution in [0.2, 0.25) is 0 Å². The standard InChI is InChI=1S/C31H38F2N8O3/c32-23-17-24(33)19-26(18-23)44-16-15-41(13-2-1-6-25-8-7-22-5-3-11-36-30(22)39-25)14-9-27(31(42)43)40-29-20-28(37-21-38-29)35-12-4-10-34/h4,7-8,10,12,17-21,27H,1-3,5-6,9,11,13-16,34H2,(H,36,39)(H,42,43)(H,37,38,40)/t27-/m0/s1. The summed E-state index contributed by atoms with van der Waals surface area (Å²) in [5.74, 6) is -0.710. The van der Waals surface area contributed by atoms with Gasteiger partial charge in [-0.15, -0.1) is 0 Å². The molecule has 0 fully saturated rings. The van der Waals surface area contributed by atoms with Gasteiger partial charge in [0.05, 0.1) is 0 Å². The van der Waals surface area contributed by atoms with E-state index in [4.69, 9.17) is 15.5 Å². The molecule has 0 unspecified atom stereocenters. The van der Waals surface area contributed by atoms with Crippen LogP contribution in [0.15, 0.2) is 60.0 Å².